The minimum Gasteiger partial charge on any atom is -0.355 e. The predicted octanol–water partition coefficient (Wildman–Crippen LogP) is 0.563. The zero-order valence-corrected chi connectivity index (χ0v) is 10.6. The van der Waals surface area contributed by atoms with E-state index in [4.69, 9.17) is 5.26 Å². The first-order valence-corrected chi connectivity index (χ1v) is 6.21. The number of benzene rings is 1. The van der Waals surface area contributed by atoms with Crippen LogP contribution >= 0.6 is 0 Å². The van der Waals surface area contributed by atoms with E-state index in [2.05, 4.69) is 5.32 Å². The molecule has 0 bridgehead atoms. The van der Waals surface area contributed by atoms with Gasteiger partial charge >= 0.3 is 0 Å². The van der Waals surface area contributed by atoms with E-state index in [1.54, 1.807) is 24.3 Å². The molecule has 1 N–H and O–H groups in total. The molecule has 1 aromatic rings. The number of amides is 1. The summed E-state index contributed by atoms with van der Waals surface area (Å²) in [6.45, 7) is 1.91. The normalized spacial score (nSPS) is 16.3. The molecule has 2 rings (SSSR count). The molecule has 0 aliphatic carbocycles. The highest BCUT2D eigenvalue weighted by atomic mass is 16.2. The minimum absolute atomic E-state index is 0.0285. The molecule has 1 fully saturated rings. The highest BCUT2D eigenvalue weighted by molar-refractivity contribution is 5.98. The molecule has 5 heteroatoms. The molecule has 1 aliphatic heterocycles. The van der Waals surface area contributed by atoms with E-state index in [-0.39, 0.29) is 24.8 Å². The summed E-state index contributed by atoms with van der Waals surface area (Å²) in [5, 5.41) is 11.5. The van der Waals surface area contributed by atoms with E-state index < -0.39 is 0 Å². The Morgan fingerprint density at radius 1 is 1.37 bits per heavy atom. The number of nitrogens with one attached hydrogen (secondary N) is 1. The van der Waals surface area contributed by atoms with Gasteiger partial charge in [-0.1, -0.05) is 12.1 Å². The summed E-state index contributed by atoms with van der Waals surface area (Å²) in [7, 11) is 0. The van der Waals surface area contributed by atoms with Gasteiger partial charge in [-0.05, 0) is 18.6 Å². The first-order valence-electron chi connectivity index (χ1n) is 6.21. The van der Waals surface area contributed by atoms with Crippen LogP contribution < -0.4 is 5.32 Å². The Hall–Kier alpha value is -2.19. The molecule has 1 aromatic carbocycles. The fraction of sp³-hybridized carbons (Fsp3) is 0.357. The number of nitrogens with zero attached hydrogens (tertiary/aromatic N) is 2. The fourth-order valence-electron chi connectivity index (χ4n) is 2.03. The van der Waals surface area contributed by atoms with Crippen LogP contribution in [-0.4, -0.2) is 42.8 Å². The molecule has 0 aromatic heterocycles. The third-order valence-corrected chi connectivity index (χ3v) is 3.04. The number of ketones is 1. The number of Topliss-reactive ketones (excluding diaryl/α,β-unsaturated/α-hetero) is 1. The quantitative estimate of drug-likeness (QED) is 0.803. The first-order chi connectivity index (χ1) is 9.19. The lowest BCUT2D eigenvalue weighted by molar-refractivity contribution is -0.121. The molecule has 1 amide bonds. The third-order valence-electron chi connectivity index (χ3n) is 3.04. The molecule has 0 spiro atoms. The molecule has 0 atom stereocenters. The standard InChI is InChI=1S/C14H15N3O2/c15-8-11-2-4-12(5-3-11)13(18)9-17-7-1-6-16-14(19)10-17/h2-5H,1,6-7,9-10H2,(H,16,19). The van der Waals surface area contributed by atoms with E-state index >= 15 is 0 Å². The van der Waals surface area contributed by atoms with Gasteiger partial charge in [0.1, 0.15) is 0 Å². The van der Waals surface area contributed by atoms with E-state index in [0.717, 1.165) is 13.0 Å². The summed E-state index contributed by atoms with van der Waals surface area (Å²) in [4.78, 5) is 25.3. The van der Waals surface area contributed by atoms with Crippen LogP contribution in [0.4, 0.5) is 0 Å². The van der Waals surface area contributed by atoms with Crippen LogP contribution in [0.25, 0.3) is 0 Å². The largest absolute Gasteiger partial charge is 0.355 e. The van der Waals surface area contributed by atoms with Crippen molar-refractivity contribution in [2.24, 2.45) is 0 Å². The van der Waals surface area contributed by atoms with Gasteiger partial charge in [-0.25, -0.2) is 0 Å². The summed E-state index contributed by atoms with van der Waals surface area (Å²) in [5.41, 5.74) is 1.11. The molecule has 0 saturated carbocycles. The molecule has 1 saturated heterocycles. The molecule has 5 nitrogen and oxygen atoms in total. The Morgan fingerprint density at radius 3 is 2.79 bits per heavy atom. The van der Waals surface area contributed by atoms with Crippen molar-refractivity contribution in [3.8, 4) is 6.07 Å². The monoisotopic (exact) mass is 257 g/mol. The summed E-state index contributed by atoms with van der Waals surface area (Å²) >= 11 is 0. The SMILES string of the molecule is N#Cc1ccc(C(=O)CN2CCCNC(=O)C2)cc1. The number of hydrogen-bond acceptors (Lipinski definition) is 4. The number of carbonyl (C=O) groups is 2. The van der Waals surface area contributed by atoms with Crippen molar-refractivity contribution >= 4 is 11.7 Å². The number of hydrogen-bond donors (Lipinski definition) is 1. The average molecular weight is 257 g/mol. The second-order valence-electron chi connectivity index (χ2n) is 4.53. The van der Waals surface area contributed by atoms with E-state index in [9.17, 15) is 9.59 Å². The van der Waals surface area contributed by atoms with Gasteiger partial charge < -0.3 is 5.32 Å². The van der Waals surface area contributed by atoms with Crippen LogP contribution in [0.3, 0.4) is 0 Å². The molecule has 1 aliphatic rings. The van der Waals surface area contributed by atoms with Gasteiger partial charge in [0.25, 0.3) is 0 Å². The van der Waals surface area contributed by atoms with Crippen LogP contribution in [0.1, 0.15) is 22.3 Å². The molecule has 19 heavy (non-hydrogen) atoms. The second kappa shape index (κ2) is 6.12. The zero-order valence-electron chi connectivity index (χ0n) is 10.6. The maximum absolute atomic E-state index is 12.1. The Morgan fingerprint density at radius 2 is 2.11 bits per heavy atom. The van der Waals surface area contributed by atoms with Crippen LogP contribution in [-0.2, 0) is 4.79 Å². The van der Waals surface area contributed by atoms with Crippen molar-refractivity contribution in [2.45, 2.75) is 6.42 Å². The molecule has 0 unspecified atom stereocenters. The van der Waals surface area contributed by atoms with Gasteiger partial charge in [0, 0.05) is 18.7 Å². The van der Waals surface area contributed by atoms with Crippen LogP contribution in [0, 0.1) is 11.3 Å². The maximum Gasteiger partial charge on any atom is 0.234 e. The van der Waals surface area contributed by atoms with Crippen molar-refractivity contribution in [3.05, 3.63) is 35.4 Å². The summed E-state index contributed by atoms with van der Waals surface area (Å²) in [6, 6.07) is 8.57. The van der Waals surface area contributed by atoms with Crippen molar-refractivity contribution < 1.29 is 9.59 Å². The smallest absolute Gasteiger partial charge is 0.234 e. The number of carbonyl (C=O) groups excluding carboxylic acids is 2. The number of nitriles is 1. The Balaban J connectivity index is 1.99. The van der Waals surface area contributed by atoms with Gasteiger partial charge in [-0.2, -0.15) is 5.26 Å². The van der Waals surface area contributed by atoms with Crippen molar-refractivity contribution in [1.82, 2.24) is 10.2 Å². The molecule has 98 valence electrons. The van der Waals surface area contributed by atoms with Crippen molar-refractivity contribution in [1.29, 1.82) is 5.26 Å². The minimum atomic E-state index is -0.0369. The van der Waals surface area contributed by atoms with E-state index in [1.807, 2.05) is 11.0 Å². The van der Waals surface area contributed by atoms with Crippen molar-refractivity contribution in [2.75, 3.05) is 26.2 Å². The highest BCUT2D eigenvalue weighted by Gasteiger charge is 2.17. The van der Waals surface area contributed by atoms with Crippen molar-refractivity contribution in [3.63, 3.8) is 0 Å². The van der Waals surface area contributed by atoms with Crippen LogP contribution in [0.5, 0.6) is 0 Å². The van der Waals surface area contributed by atoms with Gasteiger partial charge in [-0.15, -0.1) is 0 Å². The Kier molecular flexibility index (Phi) is 4.26. The van der Waals surface area contributed by atoms with Gasteiger partial charge in [0.05, 0.1) is 24.7 Å². The summed E-state index contributed by atoms with van der Waals surface area (Å²) < 4.78 is 0. The van der Waals surface area contributed by atoms with E-state index in [0.29, 0.717) is 17.7 Å². The van der Waals surface area contributed by atoms with Gasteiger partial charge in [0.15, 0.2) is 5.78 Å². The summed E-state index contributed by atoms with van der Waals surface area (Å²) in [5.74, 6) is -0.0654. The zero-order chi connectivity index (χ0) is 13.7. The molecular formula is C14H15N3O2. The lowest BCUT2D eigenvalue weighted by atomic mass is 10.1. The van der Waals surface area contributed by atoms with Gasteiger partial charge in [0.2, 0.25) is 5.91 Å². The second-order valence-corrected chi connectivity index (χ2v) is 4.53. The van der Waals surface area contributed by atoms with Crippen LogP contribution in [0.2, 0.25) is 0 Å². The third kappa shape index (κ3) is 3.63. The highest BCUT2D eigenvalue weighted by Crippen LogP contribution is 2.06. The average Bonchev–Trinajstić information content (AvgIpc) is 2.63. The maximum atomic E-state index is 12.1. The molecular weight excluding hydrogens is 242 g/mol. The first kappa shape index (κ1) is 13.2. The predicted molar refractivity (Wildman–Crippen MR) is 69.6 cm³/mol. The van der Waals surface area contributed by atoms with E-state index in [1.165, 1.54) is 0 Å². The molecule has 0 radical (unpaired) electrons. The Bertz CT molecular complexity index is 516. The van der Waals surface area contributed by atoms with Crippen LogP contribution in [0.15, 0.2) is 24.3 Å². The topological polar surface area (TPSA) is 73.2 Å². The fourth-order valence-corrected chi connectivity index (χ4v) is 2.03. The Labute approximate surface area is 111 Å². The lowest BCUT2D eigenvalue weighted by Gasteiger charge is -2.17. The lowest BCUT2D eigenvalue weighted by Crippen LogP contribution is -2.36. The number of rotatable bonds is 3. The summed E-state index contributed by atoms with van der Waals surface area (Å²) in [6.07, 6.45) is 0.854. The molecule has 1 heterocycles. The van der Waals surface area contributed by atoms with Gasteiger partial charge in [-0.3, -0.25) is 14.5 Å².